The van der Waals surface area contributed by atoms with Crippen molar-refractivity contribution in [1.29, 1.82) is 0 Å². The van der Waals surface area contributed by atoms with E-state index in [1.165, 1.54) is 18.2 Å². The van der Waals surface area contributed by atoms with Crippen LogP contribution in [0.2, 0.25) is 0 Å². The number of amides is 6. The second-order valence-electron chi connectivity index (χ2n) is 14.9. The van der Waals surface area contributed by atoms with Crippen molar-refractivity contribution in [2.75, 3.05) is 92.5 Å². The number of alkyl carbamates (subject to hydrolysis) is 4. The van der Waals surface area contributed by atoms with Crippen molar-refractivity contribution >= 4 is 48.6 Å². The topological polar surface area (TPSA) is 292 Å². The first-order chi connectivity index (χ1) is 31.2. The summed E-state index contributed by atoms with van der Waals surface area (Å²) in [7, 11) is 1.65. The fourth-order valence-electron chi connectivity index (χ4n) is 5.74. The fourth-order valence-corrected chi connectivity index (χ4v) is 5.74. The molecule has 0 heterocycles. The molecule has 0 fully saturated rings. The van der Waals surface area contributed by atoms with Crippen molar-refractivity contribution in [3.8, 4) is 0 Å². The summed E-state index contributed by atoms with van der Waals surface area (Å²) in [6.45, 7) is 2.06. The Kier molecular flexibility index (Phi) is 40.3. The summed E-state index contributed by atoms with van der Waals surface area (Å²) in [5.74, 6) is 0. The summed E-state index contributed by atoms with van der Waals surface area (Å²) in [6, 6.07) is -0.694. The maximum Gasteiger partial charge on any atom is 0.407 e. The second kappa shape index (κ2) is 44.1. The van der Waals surface area contributed by atoms with Crippen LogP contribution in [0.1, 0.15) is 122 Å². The van der Waals surface area contributed by atoms with Gasteiger partial charge in [-0.3, -0.25) is 0 Å². The number of rotatable bonds is 41. The predicted octanol–water partition coefficient (Wildman–Crippen LogP) is 4.99. The molecule has 22 nitrogen and oxygen atoms in total. The highest BCUT2D eigenvalue weighted by molar-refractivity contribution is 5.75. The normalized spacial score (nSPS) is 11.2. The molecular weight excluding hydrogens is 839 g/mol. The number of nitrogens with zero attached hydrogens (tertiary/aromatic N) is 3. The zero-order valence-corrected chi connectivity index (χ0v) is 37.8. The number of methoxy groups -OCH3 is 1. The number of nitrogens with one attached hydrogen (secondary N) is 6. The molecule has 0 bridgehead atoms. The molecule has 364 valence electrons. The molecule has 0 rings (SSSR count). The zero-order chi connectivity index (χ0) is 47.0. The Hall–Kier alpha value is -5.55. The SMILES string of the molecule is COCCCCCOC(=O)NCCCCCCNC(=O)NC(COC(=O)NCCCCCCN=C=O)(COC(=O)NCCCCCCN=C=O)COC(=O)NCCCCCCN=C=O. The van der Waals surface area contributed by atoms with Crippen LogP contribution in [0, 0.1) is 0 Å². The highest BCUT2D eigenvalue weighted by Crippen LogP contribution is 2.11. The number of carbonyl (C=O) groups excluding carboxylic acids is 8. The van der Waals surface area contributed by atoms with Gasteiger partial charge in [0, 0.05) is 46.4 Å². The molecule has 0 saturated carbocycles. The summed E-state index contributed by atoms with van der Waals surface area (Å²) in [5, 5.41) is 16.1. The molecule has 0 aliphatic carbocycles. The molecular formula is C42H73N9O13. The van der Waals surface area contributed by atoms with Gasteiger partial charge in [-0.25, -0.2) is 53.3 Å². The first-order valence-corrected chi connectivity index (χ1v) is 22.5. The van der Waals surface area contributed by atoms with Crippen LogP contribution in [-0.2, 0) is 38.1 Å². The zero-order valence-electron chi connectivity index (χ0n) is 37.8. The van der Waals surface area contributed by atoms with E-state index in [0.717, 1.165) is 70.6 Å². The largest absolute Gasteiger partial charge is 0.450 e. The Balaban J connectivity index is 5.46. The lowest BCUT2D eigenvalue weighted by atomic mass is 10.0. The average molecular weight is 912 g/mol. The fraction of sp³-hybridized carbons (Fsp3) is 0.810. The number of aliphatic imine (C=N–C) groups is 3. The van der Waals surface area contributed by atoms with Gasteiger partial charge in [-0.15, -0.1) is 0 Å². The number of urea groups is 1. The minimum atomic E-state index is -1.72. The minimum absolute atomic E-state index is 0.259. The van der Waals surface area contributed by atoms with Crippen LogP contribution < -0.4 is 31.9 Å². The lowest BCUT2D eigenvalue weighted by Crippen LogP contribution is -2.62. The minimum Gasteiger partial charge on any atom is -0.450 e. The van der Waals surface area contributed by atoms with Gasteiger partial charge in [0.05, 0.1) is 26.2 Å². The Labute approximate surface area is 377 Å². The molecule has 0 unspecified atom stereocenters. The molecule has 6 amide bonds. The lowest BCUT2D eigenvalue weighted by Gasteiger charge is -2.33. The summed E-state index contributed by atoms with van der Waals surface area (Å²) in [6.07, 6.45) is 15.6. The standard InChI is InChI=1S/C42H73N9O13/c1-60-29-19-10-20-30-61-38(56)47-25-18-9-8-14-24-46-37(55)51-42(31-62-39(57)48-26-15-5-2-11-21-43-34-52,32-63-40(58)49-27-16-6-3-12-22-44-35-53)33-64-41(59)50-28-17-7-4-13-23-45-36-54/h2-33H2,1H3,(H,47,56)(H,48,57)(H,49,58)(H,50,59)(H2,46,51,55). The van der Waals surface area contributed by atoms with Crippen LogP contribution in [0.4, 0.5) is 24.0 Å². The van der Waals surface area contributed by atoms with Crippen LogP contribution in [0.15, 0.2) is 15.0 Å². The van der Waals surface area contributed by atoms with Crippen molar-refractivity contribution in [2.24, 2.45) is 15.0 Å². The van der Waals surface area contributed by atoms with E-state index >= 15 is 0 Å². The first-order valence-electron chi connectivity index (χ1n) is 22.5. The first kappa shape index (κ1) is 58.4. The van der Waals surface area contributed by atoms with Crippen LogP contribution in [0.5, 0.6) is 0 Å². The summed E-state index contributed by atoms with van der Waals surface area (Å²) < 4.78 is 26.7. The summed E-state index contributed by atoms with van der Waals surface area (Å²) in [5.41, 5.74) is -1.72. The molecule has 0 atom stereocenters. The third kappa shape index (κ3) is 39.3. The number of hydrogen-bond acceptors (Lipinski definition) is 16. The smallest absolute Gasteiger partial charge is 0.407 e. The highest BCUT2D eigenvalue weighted by atomic mass is 16.6. The van der Waals surface area contributed by atoms with E-state index in [2.05, 4.69) is 46.9 Å². The molecule has 0 saturated heterocycles. The van der Waals surface area contributed by atoms with Crippen molar-refractivity contribution in [3.63, 3.8) is 0 Å². The van der Waals surface area contributed by atoms with E-state index in [0.29, 0.717) is 90.8 Å². The molecule has 6 N–H and O–H groups in total. The van der Waals surface area contributed by atoms with Crippen LogP contribution in [0.3, 0.4) is 0 Å². The van der Waals surface area contributed by atoms with Gasteiger partial charge < -0.3 is 55.6 Å². The number of isocyanates is 3. The maximum atomic E-state index is 13.3. The van der Waals surface area contributed by atoms with Crippen molar-refractivity contribution in [3.05, 3.63) is 0 Å². The van der Waals surface area contributed by atoms with E-state index in [4.69, 9.17) is 23.7 Å². The van der Waals surface area contributed by atoms with Gasteiger partial charge in [-0.1, -0.05) is 51.4 Å². The van der Waals surface area contributed by atoms with Crippen LogP contribution in [0.25, 0.3) is 0 Å². The Bertz CT molecular complexity index is 1290. The number of hydrogen-bond donors (Lipinski definition) is 6. The number of ether oxygens (including phenoxy) is 5. The quantitative estimate of drug-likeness (QED) is 0.0204. The van der Waals surface area contributed by atoms with Crippen molar-refractivity contribution < 1.29 is 62.0 Å². The average Bonchev–Trinajstić information content (AvgIpc) is 3.28. The van der Waals surface area contributed by atoms with Crippen LogP contribution in [-0.4, -0.2) is 147 Å². The maximum absolute atomic E-state index is 13.3. The van der Waals surface area contributed by atoms with E-state index < -0.39 is 55.8 Å². The predicted molar refractivity (Wildman–Crippen MR) is 235 cm³/mol. The van der Waals surface area contributed by atoms with Gasteiger partial charge in [0.15, 0.2) is 0 Å². The van der Waals surface area contributed by atoms with E-state index in [1.807, 2.05) is 0 Å². The van der Waals surface area contributed by atoms with E-state index in [1.54, 1.807) is 7.11 Å². The van der Waals surface area contributed by atoms with Crippen LogP contribution >= 0.6 is 0 Å². The third-order valence-electron chi connectivity index (χ3n) is 9.29. The van der Waals surface area contributed by atoms with E-state index in [-0.39, 0.29) is 26.2 Å². The van der Waals surface area contributed by atoms with Gasteiger partial charge >= 0.3 is 30.4 Å². The molecule has 0 aromatic rings. The van der Waals surface area contributed by atoms with Gasteiger partial charge in [0.25, 0.3) is 0 Å². The van der Waals surface area contributed by atoms with Crippen molar-refractivity contribution in [1.82, 2.24) is 31.9 Å². The monoisotopic (exact) mass is 912 g/mol. The highest BCUT2D eigenvalue weighted by Gasteiger charge is 2.38. The Morgan fingerprint density at radius 2 is 0.719 bits per heavy atom. The van der Waals surface area contributed by atoms with Gasteiger partial charge in [-0.2, -0.15) is 0 Å². The Morgan fingerprint density at radius 3 is 1.08 bits per heavy atom. The van der Waals surface area contributed by atoms with Gasteiger partial charge in [-0.05, 0) is 70.6 Å². The lowest BCUT2D eigenvalue weighted by molar-refractivity contribution is 0.0190. The van der Waals surface area contributed by atoms with Gasteiger partial charge in [0.1, 0.15) is 25.4 Å². The second-order valence-corrected chi connectivity index (χ2v) is 14.9. The molecule has 0 aromatic carbocycles. The summed E-state index contributed by atoms with van der Waals surface area (Å²) in [4.78, 5) is 105. The number of carbonyl (C=O) groups is 5. The number of unbranched alkanes of at least 4 members (excludes halogenated alkanes) is 14. The molecule has 0 aliphatic heterocycles. The summed E-state index contributed by atoms with van der Waals surface area (Å²) >= 11 is 0. The molecule has 0 radical (unpaired) electrons. The van der Waals surface area contributed by atoms with Crippen molar-refractivity contribution in [2.45, 2.75) is 128 Å². The Morgan fingerprint density at radius 1 is 0.406 bits per heavy atom. The van der Waals surface area contributed by atoms with Gasteiger partial charge in [0.2, 0.25) is 18.2 Å². The molecule has 0 aromatic heterocycles. The van der Waals surface area contributed by atoms with E-state index in [9.17, 15) is 38.4 Å². The molecule has 0 aliphatic rings. The molecule has 64 heavy (non-hydrogen) atoms. The molecule has 0 spiro atoms. The molecule has 22 heteroatoms. The third-order valence-corrected chi connectivity index (χ3v) is 9.29.